The summed E-state index contributed by atoms with van der Waals surface area (Å²) in [5.74, 6) is 0.418. The van der Waals surface area contributed by atoms with Crippen LogP contribution < -0.4 is 5.43 Å². The van der Waals surface area contributed by atoms with Crippen molar-refractivity contribution in [2.24, 2.45) is 11.0 Å². The molecule has 1 aromatic heterocycles. The highest BCUT2D eigenvalue weighted by Crippen LogP contribution is 2.26. The van der Waals surface area contributed by atoms with Crippen molar-refractivity contribution in [3.8, 4) is 0 Å². The van der Waals surface area contributed by atoms with E-state index in [1.54, 1.807) is 10.9 Å². The first-order chi connectivity index (χ1) is 11.9. The van der Waals surface area contributed by atoms with E-state index in [-0.39, 0.29) is 29.4 Å². The number of hydrazone groups is 1. The minimum atomic E-state index is -2.96. The molecule has 0 radical (unpaired) electrons. The molecule has 2 aliphatic rings. The summed E-state index contributed by atoms with van der Waals surface area (Å²) >= 11 is 0. The first-order valence-corrected chi connectivity index (χ1v) is 10.8. The molecule has 0 spiro atoms. The van der Waals surface area contributed by atoms with Crippen molar-refractivity contribution >= 4 is 22.0 Å². The largest absolute Gasteiger partial charge is 0.273 e. The highest BCUT2D eigenvalue weighted by molar-refractivity contribution is 7.91. The lowest BCUT2D eigenvalue weighted by Crippen LogP contribution is -2.28. The predicted octanol–water partition coefficient (Wildman–Crippen LogP) is 1.89. The number of nitrogens with zero attached hydrogens (tertiary/aromatic N) is 3. The third-order valence-corrected chi connectivity index (χ3v) is 7.03. The number of sulfone groups is 1. The Kier molecular flexibility index (Phi) is 5.27. The number of amides is 1. The van der Waals surface area contributed by atoms with Crippen LogP contribution in [0.5, 0.6) is 0 Å². The van der Waals surface area contributed by atoms with Crippen molar-refractivity contribution in [1.29, 1.82) is 0 Å². The Morgan fingerprint density at radius 1 is 1.24 bits per heavy atom. The summed E-state index contributed by atoms with van der Waals surface area (Å²) in [6, 6.07) is -0.109. The van der Waals surface area contributed by atoms with E-state index in [1.807, 2.05) is 13.8 Å². The maximum atomic E-state index is 12.1. The van der Waals surface area contributed by atoms with E-state index < -0.39 is 9.84 Å². The zero-order chi connectivity index (χ0) is 18.0. The molecule has 2 heterocycles. The van der Waals surface area contributed by atoms with Crippen LogP contribution in [-0.4, -0.2) is 41.8 Å². The van der Waals surface area contributed by atoms with Gasteiger partial charge in [0.2, 0.25) is 5.91 Å². The first kappa shape index (κ1) is 18.1. The summed E-state index contributed by atoms with van der Waals surface area (Å²) in [6.45, 7) is 3.78. The van der Waals surface area contributed by atoms with E-state index in [9.17, 15) is 13.2 Å². The first-order valence-electron chi connectivity index (χ1n) is 8.96. The second kappa shape index (κ2) is 7.27. The molecule has 1 aliphatic carbocycles. The number of aryl methyl sites for hydroxylation is 1. The molecule has 0 bridgehead atoms. The Labute approximate surface area is 148 Å². The Balaban J connectivity index is 1.67. The number of hydrogen-bond donors (Lipinski definition) is 1. The van der Waals surface area contributed by atoms with Gasteiger partial charge in [-0.15, -0.1) is 0 Å². The maximum absolute atomic E-state index is 12.1. The highest BCUT2D eigenvalue weighted by atomic mass is 32.2. The lowest BCUT2D eigenvalue weighted by Gasteiger charge is -2.19. The van der Waals surface area contributed by atoms with E-state index in [4.69, 9.17) is 0 Å². The third-order valence-electron chi connectivity index (χ3n) is 5.28. The number of hydrogen-bond acceptors (Lipinski definition) is 5. The van der Waals surface area contributed by atoms with Gasteiger partial charge in [-0.05, 0) is 33.1 Å². The Morgan fingerprint density at radius 3 is 2.60 bits per heavy atom. The molecule has 1 atom stereocenters. The molecular formula is C17H26N4O3S. The average Bonchev–Trinajstić information content (AvgIpc) is 3.08. The summed E-state index contributed by atoms with van der Waals surface area (Å²) < 4.78 is 25.2. The van der Waals surface area contributed by atoms with Crippen molar-refractivity contribution in [3.05, 3.63) is 17.0 Å². The number of nitrogens with one attached hydrogen (secondary N) is 1. The zero-order valence-electron chi connectivity index (χ0n) is 14.9. The molecule has 25 heavy (non-hydrogen) atoms. The Hall–Kier alpha value is -1.70. The van der Waals surface area contributed by atoms with Gasteiger partial charge >= 0.3 is 0 Å². The summed E-state index contributed by atoms with van der Waals surface area (Å²) in [6.07, 6.45) is 7.52. The summed E-state index contributed by atoms with van der Waals surface area (Å²) in [4.78, 5) is 12.1. The molecule has 8 heteroatoms. The van der Waals surface area contributed by atoms with Crippen LogP contribution >= 0.6 is 0 Å². The highest BCUT2D eigenvalue weighted by Gasteiger charge is 2.31. The van der Waals surface area contributed by atoms with Crippen LogP contribution in [0.4, 0.5) is 0 Å². The van der Waals surface area contributed by atoms with Gasteiger partial charge in [-0.2, -0.15) is 10.2 Å². The zero-order valence-corrected chi connectivity index (χ0v) is 15.7. The molecule has 0 aromatic carbocycles. The molecule has 1 saturated heterocycles. The Bertz CT molecular complexity index is 776. The van der Waals surface area contributed by atoms with Crippen molar-refractivity contribution < 1.29 is 13.2 Å². The van der Waals surface area contributed by atoms with Crippen molar-refractivity contribution in [3.63, 3.8) is 0 Å². The van der Waals surface area contributed by atoms with Crippen LogP contribution in [0.15, 0.2) is 5.10 Å². The van der Waals surface area contributed by atoms with Crippen LogP contribution in [0.1, 0.15) is 61.5 Å². The maximum Gasteiger partial charge on any atom is 0.243 e. The standard InChI is InChI=1S/C17H26N4O3S/c1-12-16(10-18-19-17(22)14-6-4-3-5-7-14)13(2)21(20-12)15-8-9-25(23,24)11-15/h10,14-15H,3-9,11H2,1-2H3,(H,19,22)/b18-10-/t15-/m1/s1. The van der Waals surface area contributed by atoms with Gasteiger partial charge in [0.05, 0.1) is 29.5 Å². The van der Waals surface area contributed by atoms with E-state index >= 15 is 0 Å². The fraction of sp³-hybridized carbons (Fsp3) is 0.706. The monoisotopic (exact) mass is 366 g/mol. The fourth-order valence-corrected chi connectivity index (χ4v) is 5.49. The van der Waals surface area contributed by atoms with Gasteiger partial charge < -0.3 is 0 Å². The van der Waals surface area contributed by atoms with Gasteiger partial charge in [0.1, 0.15) is 0 Å². The molecule has 1 amide bonds. The van der Waals surface area contributed by atoms with Crippen molar-refractivity contribution in [2.75, 3.05) is 11.5 Å². The normalized spacial score (nSPS) is 24.0. The smallest absolute Gasteiger partial charge is 0.243 e. The lowest BCUT2D eigenvalue weighted by atomic mass is 9.89. The van der Waals surface area contributed by atoms with E-state index in [0.29, 0.717) is 6.42 Å². The van der Waals surface area contributed by atoms with Crippen LogP contribution in [0, 0.1) is 19.8 Å². The van der Waals surface area contributed by atoms with E-state index in [0.717, 1.165) is 42.6 Å². The molecule has 2 fully saturated rings. The van der Waals surface area contributed by atoms with Crippen LogP contribution in [0.3, 0.4) is 0 Å². The average molecular weight is 366 g/mol. The number of rotatable bonds is 4. The second-order valence-corrected chi connectivity index (χ2v) is 9.38. The van der Waals surface area contributed by atoms with Gasteiger partial charge in [0.25, 0.3) is 0 Å². The van der Waals surface area contributed by atoms with Crippen LogP contribution in [0.2, 0.25) is 0 Å². The molecule has 1 aromatic rings. The summed E-state index contributed by atoms with van der Waals surface area (Å²) in [5.41, 5.74) is 5.16. The van der Waals surface area contributed by atoms with Crippen molar-refractivity contribution in [1.82, 2.24) is 15.2 Å². The molecule has 7 nitrogen and oxygen atoms in total. The van der Waals surface area contributed by atoms with Crippen LogP contribution in [-0.2, 0) is 14.6 Å². The third kappa shape index (κ3) is 4.11. The molecular weight excluding hydrogens is 340 g/mol. The number of aromatic nitrogens is 2. The SMILES string of the molecule is Cc1nn([C@@H]2CCS(=O)(=O)C2)c(C)c1/C=N\NC(=O)C1CCCCC1. The number of carbonyl (C=O) groups excluding carboxylic acids is 1. The molecule has 3 rings (SSSR count). The summed E-state index contributed by atoms with van der Waals surface area (Å²) in [5, 5.41) is 8.60. The van der Waals surface area contributed by atoms with Crippen LogP contribution in [0.25, 0.3) is 0 Å². The topological polar surface area (TPSA) is 93.4 Å². The molecule has 1 aliphatic heterocycles. The molecule has 138 valence electrons. The fourth-order valence-electron chi connectivity index (χ4n) is 3.80. The van der Waals surface area contributed by atoms with Gasteiger partial charge in [-0.25, -0.2) is 13.8 Å². The lowest BCUT2D eigenvalue weighted by molar-refractivity contribution is -0.125. The van der Waals surface area contributed by atoms with E-state index in [1.165, 1.54) is 6.42 Å². The van der Waals surface area contributed by atoms with Gasteiger partial charge in [-0.1, -0.05) is 19.3 Å². The minimum absolute atomic E-state index is 0.0134. The molecule has 0 unspecified atom stereocenters. The molecule has 1 N–H and O–H groups in total. The summed E-state index contributed by atoms with van der Waals surface area (Å²) in [7, 11) is -2.96. The van der Waals surface area contributed by atoms with E-state index in [2.05, 4.69) is 15.6 Å². The predicted molar refractivity (Wildman–Crippen MR) is 96.3 cm³/mol. The van der Waals surface area contributed by atoms with Gasteiger partial charge in [-0.3, -0.25) is 9.48 Å². The van der Waals surface area contributed by atoms with Gasteiger partial charge in [0, 0.05) is 17.2 Å². The quantitative estimate of drug-likeness (QED) is 0.650. The Morgan fingerprint density at radius 2 is 1.96 bits per heavy atom. The minimum Gasteiger partial charge on any atom is -0.273 e. The molecule has 1 saturated carbocycles. The number of carbonyl (C=O) groups is 1. The second-order valence-electron chi connectivity index (χ2n) is 7.16. The van der Waals surface area contributed by atoms with Gasteiger partial charge in [0.15, 0.2) is 9.84 Å². The van der Waals surface area contributed by atoms with Crippen molar-refractivity contribution in [2.45, 2.75) is 58.4 Å².